The van der Waals surface area contributed by atoms with E-state index >= 15 is 0 Å². The molecule has 3 aromatic rings. The van der Waals surface area contributed by atoms with Crippen LogP contribution in [0.2, 0.25) is 0 Å². The van der Waals surface area contributed by atoms with Crippen molar-refractivity contribution >= 4 is 53.0 Å². The van der Waals surface area contributed by atoms with Gasteiger partial charge in [0.15, 0.2) is 0 Å². The number of thioether (sulfide) groups is 1. The molecule has 0 bridgehead atoms. The number of nitrogens with zero attached hydrogens (tertiary/aromatic N) is 2. The van der Waals surface area contributed by atoms with Crippen LogP contribution in [0.5, 0.6) is 5.75 Å². The van der Waals surface area contributed by atoms with Gasteiger partial charge in [0.2, 0.25) is 23.6 Å². The Morgan fingerprint density at radius 3 is 2.22 bits per heavy atom. The van der Waals surface area contributed by atoms with Gasteiger partial charge < -0.3 is 41.4 Å². The zero-order valence-electron chi connectivity index (χ0n) is 26.6. The van der Waals surface area contributed by atoms with E-state index in [1.807, 2.05) is 0 Å². The maximum absolute atomic E-state index is 13.6. The quantitative estimate of drug-likeness (QED) is 0.146. The molecule has 0 radical (unpaired) electrons. The smallest absolute Gasteiger partial charge is 0.327 e. The van der Waals surface area contributed by atoms with Gasteiger partial charge in [-0.15, -0.1) is 11.8 Å². The van der Waals surface area contributed by atoms with Crippen molar-refractivity contribution in [2.75, 3.05) is 5.32 Å². The molecule has 2 saturated heterocycles. The second-order valence-corrected chi connectivity index (χ2v) is 13.8. The Morgan fingerprint density at radius 1 is 0.980 bits per heavy atom. The van der Waals surface area contributed by atoms with Crippen molar-refractivity contribution in [3.05, 3.63) is 76.2 Å². The minimum Gasteiger partial charge on any atom is -0.508 e. The molecule has 2 unspecified atom stereocenters. The molecule has 256 valence electrons. The first-order valence-electron chi connectivity index (χ1n) is 15.0. The van der Waals surface area contributed by atoms with Gasteiger partial charge in [0, 0.05) is 29.1 Å². The number of β-lactam (4-membered cyclic amide) rings is 1. The topological polar surface area (TPSA) is 240 Å². The lowest BCUT2D eigenvalue weighted by Crippen LogP contribution is -2.71. The van der Waals surface area contributed by atoms with E-state index < -0.39 is 75.0 Å². The first-order chi connectivity index (χ1) is 23.1. The Kier molecular flexibility index (Phi) is 9.48. The van der Waals surface area contributed by atoms with Crippen LogP contribution in [0.1, 0.15) is 49.7 Å². The van der Waals surface area contributed by atoms with E-state index in [2.05, 4.69) is 31.2 Å². The first-order valence-corrected chi connectivity index (χ1v) is 15.9. The normalized spacial score (nSPS) is 20.2. The second kappa shape index (κ2) is 13.4. The predicted octanol–water partition coefficient (Wildman–Crippen LogP) is 0.708. The molecule has 7 N–H and O–H groups in total. The third kappa shape index (κ3) is 7.11. The number of phenols is 1. The van der Waals surface area contributed by atoms with E-state index in [4.69, 9.17) is 0 Å². The Balaban J connectivity index is 1.30. The minimum absolute atomic E-state index is 0.102. The number of aromatic amines is 1. The van der Waals surface area contributed by atoms with E-state index in [-0.39, 0.29) is 23.0 Å². The molecule has 5 rings (SSSR count). The van der Waals surface area contributed by atoms with Crippen molar-refractivity contribution in [2.45, 2.75) is 62.0 Å². The van der Waals surface area contributed by atoms with Crippen LogP contribution in [0.3, 0.4) is 0 Å². The molecule has 1 aromatic heterocycles. The number of aliphatic carboxylic acids is 1. The number of phenolic OH excluding ortho intramolecular Hbond substituents is 1. The summed E-state index contributed by atoms with van der Waals surface area (Å²) in [4.78, 5) is 96.2. The van der Waals surface area contributed by atoms with Gasteiger partial charge in [0.1, 0.15) is 46.7 Å². The average Bonchev–Trinajstić information content (AvgIpc) is 3.30. The molecule has 5 atom stereocenters. The number of nitrogens with one attached hydrogen (secondary N) is 5. The lowest BCUT2D eigenvalue weighted by atomic mass is 9.95. The summed E-state index contributed by atoms with van der Waals surface area (Å²) in [5.74, 6) is -4.26. The van der Waals surface area contributed by atoms with Crippen molar-refractivity contribution in [1.82, 2.24) is 30.8 Å². The van der Waals surface area contributed by atoms with Crippen LogP contribution < -0.4 is 26.8 Å². The number of carbonyl (C=O) groups is 6. The lowest BCUT2D eigenvalue weighted by Gasteiger charge is -2.44. The van der Waals surface area contributed by atoms with Crippen LogP contribution >= 0.6 is 11.8 Å². The van der Waals surface area contributed by atoms with Gasteiger partial charge >= 0.3 is 5.97 Å². The summed E-state index contributed by atoms with van der Waals surface area (Å²) in [6.07, 6.45) is 1.04. The number of hydrogen-bond acceptors (Lipinski definition) is 10. The van der Waals surface area contributed by atoms with Crippen LogP contribution in [0.15, 0.2) is 59.5 Å². The number of hydrogen-bond donors (Lipinski definition) is 7. The van der Waals surface area contributed by atoms with E-state index in [1.54, 1.807) is 38.1 Å². The van der Waals surface area contributed by atoms with E-state index in [1.165, 1.54) is 54.8 Å². The molecule has 2 aliphatic rings. The number of carbonyl (C=O) groups excluding carboxylic acids is 5. The predicted molar refractivity (Wildman–Crippen MR) is 176 cm³/mol. The molecule has 3 heterocycles. The highest BCUT2D eigenvalue weighted by molar-refractivity contribution is 8.01. The fraction of sp³-hybridized carbons (Fsp3) is 0.312. The number of H-pyrrole nitrogens is 1. The number of rotatable bonds is 10. The van der Waals surface area contributed by atoms with Gasteiger partial charge in [-0.3, -0.25) is 28.8 Å². The summed E-state index contributed by atoms with van der Waals surface area (Å²) in [6, 6.07) is 7.35. The Labute approximate surface area is 283 Å². The maximum Gasteiger partial charge on any atom is 0.327 e. The number of aromatic hydroxyl groups is 1. The molecule has 2 fully saturated rings. The van der Waals surface area contributed by atoms with Gasteiger partial charge in [-0.2, -0.15) is 0 Å². The molecule has 0 spiro atoms. The zero-order valence-corrected chi connectivity index (χ0v) is 27.5. The number of carboxylic acids is 1. The highest BCUT2D eigenvalue weighted by Crippen LogP contribution is 2.50. The molecule has 16 nitrogen and oxygen atoms in total. The van der Waals surface area contributed by atoms with Gasteiger partial charge in [0.25, 0.3) is 11.5 Å². The molecule has 0 aliphatic carbocycles. The van der Waals surface area contributed by atoms with Crippen molar-refractivity contribution in [1.29, 1.82) is 0 Å². The summed E-state index contributed by atoms with van der Waals surface area (Å²) in [5.41, 5.74) is -0.121. The third-order valence-corrected chi connectivity index (χ3v) is 9.59. The van der Waals surface area contributed by atoms with Crippen LogP contribution in [0, 0.1) is 0 Å². The zero-order chi connectivity index (χ0) is 35.8. The molecule has 5 amide bonds. The molecule has 2 aromatic carbocycles. The van der Waals surface area contributed by atoms with Crippen LogP contribution in [0.4, 0.5) is 5.69 Å². The highest BCUT2D eigenvalue weighted by atomic mass is 32.2. The van der Waals surface area contributed by atoms with Gasteiger partial charge in [-0.25, -0.2) is 9.78 Å². The number of carboxylic acid groups (broad SMARTS) is 1. The molecule has 0 saturated carbocycles. The summed E-state index contributed by atoms with van der Waals surface area (Å²) in [5, 5.41) is 29.1. The monoisotopic (exact) mass is 691 g/mol. The number of anilines is 1. The maximum atomic E-state index is 13.6. The van der Waals surface area contributed by atoms with Gasteiger partial charge in [-0.1, -0.05) is 12.1 Å². The fourth-order valence-corrected chi connectivity index (χ4v) is 7.22. The Bertz CT molecular complexity index is 1900. The van der Waals surface area contributed by atoms with Gasteiger partial charge in [-0.05, 0) is 62.7 Å². The second-order valence-electron chi connectivity index (χ2n) is 12.0. The van der Waals surface area contributed by atoms with Crippen LogP contribution in [0.25, 0.3) is 11.4 Å². The minimum atomic E-state index is -1.42. The number of benzene rings is 2. The Hall–Kier alpha value is -5.71. The lowest BCUT2D eigenvalue weighted by molar-refractivity contribution is -0.161. The molecular weight excluding hydrogens is 658 g/mol. The van der Waals surface area contributed by atoms with Crippen molar-refractivity contribution in [3.8, 4) is 17.1 Å². The van der Waals surface area contributed by atoms with Crippen molar-refractivity contribution in [3.63, 3.8) is 0 Å². The summed E-state index contributed by atoms with van der Waals surface area (Å²) in [6.45, 7) is 6.23. The number of fused-ring (bicyclic) bond motifs is 1. The summed E-state index contributed by atoms with van der Waals surface area (Å²) in [7, 11) is 0. The summed E-state index contributed by atoms with van der Waals surface area (Å²) < 4.78 is -0.818. The first kappa shape index (κ1) is 34.6. The van der Waals surface area contributed by atoms with Crippen LogP contribution in [-0.2, 0) is 24.0 Å². The standard InChI is InChI=1S/C32H33N7O9S/c1-14(34-15(2)40)25(42)35-18-9-5-17(6-10-18)24-33-13-20(27(44)38-24)26(43)36-21(16-7-11-19(41)12-8-16)28(45)37-22-29(46)39-23(31(47)48)32(3,4)49-30(22)39/h5-14,21-23,30,41H,1-4H3,(H,34,40)(H,35,42)(H,36,43)(H,37,45)(H,47,48)(H,33,38,44)/t14?,21?,22-,23+,30-/m1/s1. The van der Waals surface area contributed by atoms with E-state index in [0.717, 1.165) is 6.20 Å². The van der Waals surface area contributed by atoms with E-state index in [9.17, 15) is 43.8 Å². The highest BCUT2D eigenvalue weighted by Gasteiger charge is 2.64. The number of amides is 5. The molecule has 2 aliphatic heterocycles. The fourth-order valence-electron chi connectivity index (χ4n) is 5.59. The Morgan fingerprint density at radius 2 is 1.63 bits per heavy atom. The summed E-state index contributed by atoms with van der Waals surface area (Å²) >= 11 is 1.24. The molecule has 49 heavy (non-hydrogen) atoms. The van der Waals surface area contributed by atoms with E-state index in [0.29, 0.717) is 11.3 Å². The largest absolute Gasteiger partial charge is 0.508 e. The SMILES string of the molecule is CC(=O)NC(C)C(=O)Nc1ccc(-c2ncc(C(=O)NC(C(=O)N[C@@H]3C(=O)N4[C@@H]3SC(C)(C)[C@@H]4C(=O)O)c3ccc(O)cc3)c(=O)[nH]2)cc1. The van der Waals surface area contributed by atoms with Crippen molar-refractivity contribution in [2.24, 2.45) is 0 Å². The molecule has 17 heteroatoms. The average molecular weight is 692 g/mol. The third-order valence-electron chi connectivity index (χ3n) is 8.02. The van der Waals surface area contributed by atoms with Crippen LogP contribution in [-0.4, -0.2) is 88.8 Å². The number of aromatic nitrogens is 2. The van der Waals surface area contributed by atoms with Gasteiger partial charge in [0.05, 0.1) is 0 Å². The molecular formula is C32H33N7O9S. The van der Waals surface area contributed by atoms with Crippen molar-refractivity contribution < 1.29 is 39.0 Å².